The number of rotatable bonds is 3. The smallest absolute Gasteiger partial charge is 0.351 e. The van der Waals surface area contributed by atoms with Crippen LogP contribution in [0, 0.1) is 5.82 Å². The monoisotopic (exact) mass is 449 g/mol. The first-order valence-corrected chi connectivity index (χ1v) is 9.76. The number of hydrogen-bond donors (Lipinski definition) is 2. The van der Waals surface area contributed by atoms with Crippen LogP contribution in [-0.2, 0) is 6.18 Å². The van der Waals surface area contributed by atoms with Gasteiger partial charge in [-0.3, -0.25) is 4.90 Å². The third kappa shape index (κ3) is 3.84. The first kappa shape index (κ1) is 20.8. The van der Waals surface area contributed by atoms with Crippen LogP contribution in [0.4, 0.5) is 44.4 Å². The fourth-order valence-corrected chi connectivity index (χ4v) is 4.00. The average molecular weight is 449 g/mol. The molecule has 2 heterocycles. The van der Waals surface area contributed by atoms with Crippen molar-refractivity contribution in [1.29, 1.82) is 0 Å². The summed E-state index contributed by atoms with van der Waals surface area (Å²) < 4.78 is 53.5. The van der Waals surface area contributed by atoms with Gasteiger partial charge in [-0.05, 0) is 53.9 Å². The van der Waals surface area contributed by atoms with Gasteiger partial charge in [0, 0.05) is 11.3 Å². The van der Waals surface area contributed by atoms with Gasteiger partial charge in [0.05, 0.1) is 23.3 Å². The molecule has 3 aromatic rings. The number of carbonyl (C=O) groups is 1. The molecule has 0 saturated carbocycles. The van der Waals surface area contributed by atoms with E-state index in [2.05, 4.69) is 4.99 Å². The normalized spacial score (nSPS) is 15.6. The summed E-state index contributed by atoms with van der Waals surface area (Å²) in [6, 6.07) is 8.55. The van der Waals surface area contributed by atoms with Crippen LogP contribution in [0.15, 0.2) is 58.9 Å². The number of aliphatic imine (C=N–C) groups is 1. The van der Waals surface area contributed by atoms with Gasteiger partial charge in [0.25, 0.3) is 0 Å². The zero-order valence-electron chi connectivity index (χ0n) is 15.7. The molecule has 4 N–H and O–H groups in total. The van der Waals surface area contributed by atoms with E-state index in [-0.39, 0.29) is 5.69 Å². The Morgan fingerprint density at radius 3 is 2.48 bits per heavy atom. The molecule has 0 radical (unpaired) electrons. The molecule has 0 fully saturated rings. The molecule has 1 aromatic heterocycles. The molecule has 0 bridgehead atoms. The zero-order valence-corrected chi connectivity index (χ0v) is 16.5. The zero-order chi connectivity index (χ0) is 22.3. The molecule has 1 aliphatic rings. The minimum atomic E-state index is -4.71. The Labute approximate surface area is 178 Å². The Morgan fingerprint density at radius 2 is 1.84 bits per heavy atom. The van der Waals surface area contributed by atoms with Crippen LogP contribution in [0.25, 0.3) is 0 Å². The maximum absolute atomic E-state index is 14.3. The van der Waals surface area contributed by atoms with E-state index in [0.29, 0.717) is 28.8 Å². The summed E-state index contributed by atoms with van der Waals surface area (Å²) in [6.45, 7) is 0. The number of amides is 2. The molecule has 31 heavy (non-hydrogen) atoms. The number of alkyl halides is 3. The highest BCUT2D eigenvalue weighted by Crippen LogP contribution is 2.38. The minimum absolute atomic E-state index is 0.0909. The summed E-state index contributed by atoms with van der Waals surface area (Å²) in [4.78, 5) is 18.7. The molecule has 11 heteroatoms. The average Bonchev–Trinajstić information content (AvgIpc) is 3.19. The van der Waals surface area contributed by atoms with Crippen molar-refractivity contribution in [2.45, 2.75) is 12.3 Å². The van der Waals surface area contributed by atoms with Crippen molar-refractivity contribution in [1.82, 2.24) is 0 Å². The van der Waals surface area contributed by atoms with Crippen molar-refractivity contribution in [3.05, 3.63) is 70.9 Å². The quantitative estimate of drug-likeness (QED) is 0.535. The lowest BCUT2D eigenvalue weighted by Gasteiger charge is -2.30. The second-order valence-corrected chi connectivity index (χ2v) is 7.53. The van der Waals surface area contributed by atoms with E-state index < -0.39 is 35.4 Å². The summed E-state index contributed by atoms with van der Waals surface area (Å²) in [7, 11) is 0. The highest BCUT2D eigenvalue weighted by atomic mass is 32.1. The van der Waals surface area contributed by atoms with E-state index in [1.165, 1.54) is 23.5 Å². The summed E-state index contributed by atoms with van der Waals surface area (Å²) in [6.07, 6.45) is -3.63. The molecule has 2 amide bonds. The van der Waals surface area contributed by atoms with Crippen molar-refractivity contribution in [3.63, 3.8) is 0 Å². The van der Waals surface area contributed by atoms with E-state index in [4.69, 9.17) is 11.5 Å². The van der Waals surface area contributed by atoms with Crippen LogP contribution in [0.2, 0.25) is 0 Å². The largest absolute Gasteiger partial charge is 0.416 e. The lowest BCUT2D eigenvalue weighted by molar-refractivity contribution is -0.137. The van der Waals surface area contributed by atoms with Crippen LogP contribution >= 0.6 is 11.3 Å². The van der Waals surface area contributed by atoms with Crippen molar-refractivity contribution < 1.29 is 22.4 Å². The molecule has 6 nitrogen and oxygen atoms in total. The van der Waals surface area contributed by atoms with Gasteiger partial charge in [0.2, 0.25) is 0 Å². The SMILES string of the molecule is NC(=O)N(c1ccc(N2C=Nc3sccc3C2N)cc1)c1cc(C(F)(F)F)ccc1F. The van der Waals surface area contributed by atoms with Gasteiger partial charge in [0.15, 0.2) is 0 Å². The van der Waals surface area contributed by atoms with Gasteiger partial charge in [0.1, 0.15) is 17.0 Å². The number of nitrogens with zero attached hydrogens (tertiary/aromatic N) is 3. The molecule has 1 atom stereocenters. The summed E-state index contributed by atoms with van der Waals surface area (Å²) in [5.41, 5.74) is 11.5. The highest BCUT2D eigenvalue weighted by Gasteiger charge is 2.32. The molecule has 1 unspecified atom stereocenters. The number of fused-ring (bicyclic) bond motifs is 1. The molecule has 0 saturated heterocycles. The summed E-state index contributed by atoms with van der Waals surface area (Å²) >= 11 is 1.46. The number of anilines is 3. The van der Waals surface area contributed by atoms with Gasteiger partial charge in [-0.2, -0.15) is 13.2 Å². The number of benzene rings is 2. The number of halogens is 4. The Balaban J connectivity index is 1.68. The van der Waals surface area contributed by atoms with Crippen molar-refractivity contribution in [3.8, 4) is 0 Å². The van der Waals surface area contributed by atoms with Gasteiger partial charge >= 0.3 is 12.2 Å². The Kier molecular flexibility index (Phi) is 5.15. The molecule has 1 aliphatic heterocycles. The molecule has 4 rings (SSSR count). The fraction of sp³-hybridized carbons (Fsp3) is 0.100. The van der Waals surface area contributed by atoms with Crippen molar-refractivity contribution in [2.75, 3.05) is 9.80 Å². The van der Waals surface area contributed by atoms with E-state index in [0.717, 1.165) is 10.6 Å². The van der Waals surface area contributed by atoms with E-state index in [1.54, 1.807) is 23.4 Å². The van der Waals surface area contributed by atoms with Crippen LogP contribution in [-0.4, -0.2) is 12.4 Å². The Bertz CT molecular complexity index is 1160. The topological polar surface area (TPSA) is 88.0 Å². The maximum atomic E-state index is 14.3. The van der Waals surface area contributed by atoms with Crippen LogP contribution in [0.3, 0.4) is 0 Å². The fourth-order valence-electron chi connectivity index (χ4n) is 3.22. The van der Waals surface area contributed by atoms with Gasteiger partial charge in [-0.25, -0.2) is 14.2 Å². The predicted octanol–water partition coefficient (Wildman–Crippen LogP) is 5.26. The molecule has 2 aromatic carbocycles. The number of urea groups is 1. The Hall–Kier alpha value is -3.44. The third-order valence-corrected chi connectivity index (χ3v) is 5.57. The number of nitrogens with two attached hydrogens (primary N) is 2. The molecule has 0 spiro atoms. The van der Waals surface area contributed by atoms with Crippen LogP contribution in [0.1, 0.15) is 17.3 Å². The third-order valence-electron chi connectivity index (χ3n) is 4.73. The Morgan fingerprint density at radius 1 is 1.13 bits per heavy atom. The predicted molar refractivity (Wildman–Crippen MR) is 111 cm³/mol. The van der Waals surface area contributed by atoms with E-state index in [1.807, 2.05) is 11.4 Å². The van der Waals surface area contributed by atoms with E-state index in [9.17, 15) is 22.4 Å². The molecule has 0 aliphatic carbocycles. The van der Waals surface area contributed by atoms with Crippen molar-refractivity contribution >= 4 is 45.8 Å². The second kappa shape index (κ2) is 7.67. The standard InChI is InChI=1S/C20H15F4N5OS/c21-15-6-1-11(20(22,23)24)9-16(15)29(19(26)30)13-4-2-12(3-5-13)28-10-27-18-14(17(28)25)7-8-31-18/h1-10,17H,25H2,(H2,26,30). The van der Waals surface area contributed by atoms with Crippen molar-refractivity contribution in [2.24, 2.45) is 16.5 Å². The maximum Gasteiger partial charge on any atom is 0.416 e. The number of carbonyl (C=O) groups excluding carboxylic acids is 1. The van der Waals surface area contributed by atoms with Crippen LogP contribution < -0.4 is 21.3 Å². The summed E-state index contributed by atoms with van der Waals surface area (Å²) in [5, 5.41) is 2.68. The molecular weight excluding hydrogens is 434 g/mol. The van der Waals surface area contributed by atoms with Crippen LogP contribution in [0.5, 0.6) is 0 Å². The lowest BCUT2D eigenvalue weighted by atomic mass is 10.1. The van der Waals surface area contributed by atoms with Gasteiger partial charge in [-0.1, -0.05) is 0 Å². The molecular formula is C20H15F4N5OS. The lowest BCUT2D eigenvalue weighted by Crippen LogP contribution is -2.35. The van der Waals surface area contributed by atoms with Gasteiger partial charge in [-0.15, -0.1) is 11.3 Å². The number of primary amides is 1. The van der Waals surface area contributed by atoms with Gasteiger partial charge < -0.3 is 16.4 Å². The first-order chi connectivity index (χ1) is 14.7. The highest BCUT2D eigenvalue weighted by molar-refractivity contribution is 7.14. The number of thiophene rings is 1. The first-order valence-electron chi connectivity index (χ1n) is 8.88. The second-order valence-electron chi connectivity index (χ2n) is 6.63. The molecule has 160 valence electrons. The minimum Gasteiger partial charge on any atom is -0.351 e. The van der Waals surface area contributed by atoms with E-state index >= 15 is 0 Å². The number of hydrogen-bond acceptors (Lipinski definition) is 5. The summed E-state index contributed by atoms with van der Waals surface area (Å²) in [5.74, 6) is -1.02.